The third-order valence-corrected chi connectivity index (χ3v) is 6.21. The van der Waals surface area contributed by atoms with Gasteiger partial charge < -0.3 is 24.8 Å². The van der Waals surface area contributed by atoms with Gasteiger partial charge >= 0.3 is 0 Å². The highest BCUT2D eigenvalue weighted by atomic mass is 16.5. The topological polar surface area (TPSA) is 130 Å². The molecular weight excluding hydrogens is 404 g/mol. The molecule has 0 fully saturated rings. The molecule has 0 aliphatic heterocycles. The number of ether oxygens (including phenoxy) is 2. The van der Waals surface area contributed by atoms with Crippen molar-refractivity contribution in [2.45, 2.75) is 31.3 Å². The fourth-order valence-corrected chi connectivity index (χ4v) is 4.85. The second kappa shape index (κ2) is 7.18. The van der Waals surface area contributed by atoms with Crippen LogP contribution in [0, 0.1) is 0 Å². The van der Waals surface area contributed by atoms with Gasteiger partial charge in [0.25, 0.3) is 0 Å². The van der Waals surface area contributed by atoms with Crippen LogP contribution in [0.3, 0.4) is 0 Å². The summed E-state index contributed by atoms with van der Waals surface area (Å²) >= 11 is 0. The van der Waals surface area contributed by atoms with E-state index in [2.05, 4.69) is 0 Å². The Hall–Kier alpha value is -3.23. The van der Waals surface area contributed by atoms with Gasteiger partial charge in [0.1, 0.15) is 29.5 Å². The van der Waals surface area contributed by atoms with Crippen LogP contribution in [0.5, 0.6) is 17.2 Å². The summed E-state index contributed by atoms with van der Waals surface area (Å²) < 4.78 is 10.8. The standard InChI is InChI=1S/C23H22O8/c1-10-7-23(29,14(25)9-24)8-12-15(10)22(31-3)18-17(20(12)27)19(26)11-5-4-6-13(30-2)16(11)21(18)28/h4-6,10,24,27,29H,7-9H2,1-3H3/t10-,23+/m0/s1. The maximum Gasteiger partial charge on any atom is 0.202 e. The fraction of sp³-hybridized carbons (Fsp3) is 0.348. The number of phenolic OH excluding ortho intramolecular Hbond substituents is 1. The number of benzene rings is 2. The summed E-state index contributed by atoms with van der Waals surface area (Å²) in [6, 6.07) is 4.62. The van der Waals surface area contributed by atoms with E-state index in [1.54, 1.807) is 19.1 Å². The van der Waals surface area contributed by atoms with E-state index in [0.717, 1.165) is 0 Å². The van der Waals surface area contributed by atoms with E-state index < -0.39 is 41.2 Å². The van der Waals surface area contributed by atoms with Crippen LogP contribution in [0.1, 0.15) is 62.2 Å². The van der Waals surface area contributed by atoms with Crippen LogP contribution in [0.4, 0.5) is 0 Å². The molecule has 0 saturated carbocycles. The quantitative estimate of drug-likeness (QED) is 0.573. The van der Waals surface area contributed by atoms with Crippen LogP contribution in [0.25, 0.3) is 0 Å². The molecule has 8 nitrogen and oxygen atoms in total. The van der Waals surface area contributed by atoms with Crippen molar-refractivity contribution in [3.05, 3.63) is 51.6 Å². The number of fused-ring (bicyclic) bond motifs is 3. The highest BCUT2D eigenvalue weighted by Gasteiger charge is 2.47. The first-order valence-electron chi connectivity index (χ1n) is 9.78. The molecule has 0 amide bonds. The number of phenols is 1. The normalized spacial score (nSPS) is 21.8. The van der Waals surface area contributed by atoms with Crippen LogP contribution in [-0.4, -0.2) is 59.1 Å². The smallest absolute Gasteiger partial charge is 0.202 e. The molecule has 0 aromatic heterocycles. The molecule has 2 aliphatic rings. The lowest BCUT2D eigenvalue weighted by Crippen LogP contribution is -2.46. The molecule has 4 rings (SSSR count). The third kappa shape index (κ3) is 2.79. The zero-order valence-corrected chi connectivity index (χ0v) is 17.3. The van der Waals surface area contributed by atoms with Gasteiger partial charge in [0.15, 0.2) is 11.6 Å². The van der Waals surface area contributed by atoms with Gasteiger partial charge in [-0.05, 0) is 18.4 Å². The minimum absolute atomic E-state index is 0.0317. The highest BCUT2D eigenvalue weighted by molar-refractivity contribution is 6.31. The summed E-state index contributed by atoms with van der Waals surface area (Å²) in [6.45, 7) is 0.859. The minimum Gasteiger partial charge on any atom is -0.507 e. The Labute approximate surface area is 178 Å². The van der Waals surface area contributed by atoms with E-state index in [0.29, 0.717) is 5.56 Å². The minimum atomic E-state index is -1.90. The van der Waals surface area contributed by atoms with Crippen molar-refractivity contribution >= 4 is 17.3 Å². The molecule has 3 N–H and O–H groups in total. The van der Waals surface area contributed by atoms with Gasteiger partial charge in [-0.2, -0.15) is 0 Å². The Bertz CT molecular complexity index is 1150. The zero-order valence-electron chi connectivity index (χ0n) is 17.3. The molecule has 0 saturated heterocycles. The number of hydrogen-bond donors (Lipinski definition) is 3. The van der Waals surface area contributed by atoms with E-state index in [9.17, 15) is 29.7 Å². The average molecular weight is 426 g/mol. The Kier molecular flexibility index (Phi) is 4.87. The molecule has 0 heterocycles. The number of rotatable bonds is 4. The Balaban J connectivity index is 2.04. The molecular formula is C23H22O8. The molecule has 162 valence electrons. The molecule has 0 unspecified atom stereocenters. The van der Waals surface area contributed by atoms with E-state index >= 15 is 0 Å². The number of carbonyl (C=O) groups is 3. The number of methoxy groups -OCH3 is 2. The first-order chi connectivity index (χ1) is 14.7. The van der Waals surface area contributed by atoms with Gasteiger partial charge in [-0.25, -0.2) is 0 Å². The molecule has 2 aromatic carbocycles. The monoisotopic (exact) mass is 426 g/mol. The lowest BCUT2D eigenvalue weighted by Gasteiger charge is -2.38. The summed E-state index contributed by atoms with van der Waals surface area (Å²) in [5.74, 6) is -2.49. The molecule has 2 aromatic rings. The van der Waals surface area contributed by atoms with Crippen LogP contribution in [0.2, 0.25) is 0 Å². The second-order valence-corrected chi connectivity index (χ2v) is 7.96. The summed E-state index contributed by atoms with van der Waals surface area (Å²) in [4.78, 5) is 39.0. The van der Waals surface area contributed by atoms with E-state index in [-0.39, 0.29) is 52.2 Å². The van der Waals surface area contributed by atoms with Crippen LogP contribution in [-0.2, 0) is 11.2 Å². The van der Waals surface area contributed by atoms with Crippen molar-refractivity contribution in [3.8, 4) is 17.2 Å². The van der Waals surface area contributed by atoms with Crippen molar-refractivity contribution < 1.29 is 39.2 Å². The number of aromatic hydroxyl groups is 1. The average Bonchev–Trinajstić information content (AvgIpc) is 2.76. The number of ketones is 3. The molecule has 2 aliphatic carbocycles. The predicted molar refractivity (Wildman–Crippen MR) is 108 cm³/mol. The highest BCUT2D eigenvalue weighted by Crippen LogP contribution is 2.51. The van der Waals surface area contributed by atoms with Crippen LogP contribution in [0.15, 0.2) is 18.2 Å². The fourth-order valence-electron chi connectivity index (χ4n) is 4.85. The number of aliphatic hydroxyl groups is 2. The Morgan fingerprint density at radius 1 is 1.13 bits per heavy atom. The van der Waals surface area contributed by atoms with Gasteiger partial charge in [0.2, 0.25) is 5.78 Å². The first kappa shape index (κ1) is 21.0. The van der Waals surface area contributed by atoms with E-state index in [1.165, 1.54) is 20.3 Å². The number of aliphatic hydroxyl groups excluding tert-OH is 1. The van der Waals surface area contributed by atoms with Crippen molar-refractivity contribution in [2.75, 3.05) is 20.8 Å². The van der Waals surface area contributed by atoms with Gasteiger partial charge in [-0.3, -0.25) is 14.4 Å². The third-order valence-electron chi connectivity index (χ3n) is 6.21. The zero-order chi connectivity index (χ0) is 22.7. The summed E-state index contributed by atoms with van der Waals surface area (Å²) in [6.07, 6.45) is -0.343. The summed E-state index contributed by atoms with van der Waals surface area (Å²) in [5, 5.41) is 31.2. The van der Waals surface area contributed by atoms with Crippen molar-refractivity contribution in [1.29, 1.82) is 0 Å². The molecule has 2 atom stereocenters. The largest absolute Gasteiger partial charge is 0.507 e. The van der Waals surface area contributed by atoms with Crippen molar-refractivity contribution in [2.24, 2.45) is 0 Å². The molecule has 0 bridgehead atoms. The SMILES string of the molecule is COc1cccc2c1C(=O)c1c(OC)c3c(c(O)c1C2=O)C[C@@](O)(C(=O)CO)C[C@@H]3C. The van der Waals surface area contributed by atoms with Gasteiger partial charge in [0, 0.05) is 23.1 Å². The number of Topliss-reactive ketones (excluding diaryl/α,β-unsaturated/α-hetero) is 1. The molecule has 0 spiro atoms. The molecule has 31 heavy (non-hydrogen) atoms. The predicted octanol–water partition coefficient (Wildman–Crippen LogP) is 1.53. The summed E-state index contributed by atoms with van der Waals surface area (Å²) in [7, 11) is 2.75. The maximum absolute atomic E-state index is 13.5. The van der Waals surface area contributed by atoms with Gasteiger partial charge in [-0.15, -0.1) is 0 Å². The second-order valence-electron chi connectivity index (χ2n) is 7.96. The van der Waals surface area contributed by atoms with Crippen LogP contribution < -0.4 is 9.47 Å². The first-order valence-corrected chi connectivity index (χ1v) is 9.78. The van der Waals surface area contributed by atoms with Crippen molar-refractivity contribution in [3.63, 3.8) is 0 Å². The summed E-state index contributed by atoms with van der Waals surface area (Å²) in [5.41, 5.74) is -1.41. The maximum atomic E-state index is 13.5. The Morgan fingerprint density at radius 3 is 2.45 bits per heavy atom. The van der Waals surface area contributed by atoms with E-state index in [1.807, 2.05) is 0 Å². The Morgan fingerprint density at radius 2 is 1.84 bits per heavy atom. The van der Waals surface area contributed by atoms with Gasteiger partial charge in [0.05, 0.1) is 30.9 Å². The van der Waals surface area contributed by atoms with Crippen molar-refractivity contribution in [1.82, 2.24) is 0 Å². The molecule has 0 radical (unpaired) electrons. The lowest BCUT2D eigenvalue weighted by molar-refractivity contribution is -0.142. The number of carbonyl (C=O) groups excluding carboxylic acids is 3. The molecule has 8 heteroatoms. The number of hydrogen-bond acceptors (Lipinski definition) is 8. The van der Waals surface area contributed by atoms with E-state index in [4.69, 9.17) is 9.47 Å². The lowest BCUT2D eigenvalue weighted by atomic mass is 9.69. The van der Waals surface area contributed by atoms with Crippen LogP contribution >= 0.6 is 0 Å². The van der Waals surface area contributed by atoms with Gasteiger partial charge in [-0.1, -0.05) is 19.1 Å².